The molecule has 9 nitrogen and oxygen atoms in total. The first kappa shape index (κ1) is 27.3. The number of carbonyl (C=O) groups is 1. The summed E-state index contributed by atoms with van der Waals surface area (Å²) < 4.78 is 63.0. The Balaban J connectivity index is 1.57. The zero-order valence-corrected chi connectivity index (χ0v) is 23.8. The van der Waals surface area contributed by atoms with Gasteiger partial charge >= 0.3 is 16.1 Å². The lowest BCUT2D eigenvalue weighted by molar-refractivity contribution is -0.148. The van der Waals surface area contributed by atoms with E-state index in [1.807, 2.05) is 34.9 Å². The highest BCUT2D eigenvalue weighted by atomic mass is 32.2. The Morgan fingerprint density at radius 3 is 2.11 bits per heavy atom. The monoisotopic (exact) mass is 564 g/mol. The first-order valence-corrected chi connectivity index (χ1v) is 16.9. The van der Waals surface area contributed by atoms with Crippen molar-refractivity contribution in [1.29, 1.82) is 0 Å². The van der Waals surface area contributed by atoms with Gasteiger partial charge in [-0.15, -0.1) is 0 Å². The molecule has 3 saturated carbocycles. The maximum atomic E-state index is 13.4. The lowest BCUT2D eigenvalue weighted by Gasteiger charge is -2.44. The molecule has 1 aromatic carbocycles. The van der Waals surface area contributed by atoms with Gasteiger partial charge in [0.1, 0.15) is 11.4 Å². The van der Waals surface area contributed by atoms with Crippen LogP contribution in [0.2, 0.25) is 0 Å². The number of ether oxygens (including phenoxy) is 1. The number of hydrogen-bond acceptors (Lipinski definition) is 8. The van der Waals surface area contributed by atoms with Crippen molar-refractivity contribution in [3.05, 3.63) is 47.4 Å². The van der Waals surface area contributed by atoms with Crippen LogP contribution in [0.4, 0.5) is 0 Å². The second-order valence-electron chi connectivity index (χ2n) is 11.4. The number of nitrogens with zero attached hydrogens (tertiary/aromatic N) is 2. The van der Waals surface area contributed by atoms with Crippen molar-refractivity contribution in [2.24, 2.45) is 11.8 Å². The van der Waals surface area contributed by atoms with Crippen LogP contribution in [-0.2, 0) is 51.2 Å². The summed E-state index contributed by atoms with van der Waals surface area (Å²) in [6.45, 7) is 2.82. The number of benzene rings is 1. The molecule has 38 heavy (non-hydrogen) atoms. The highest BCUT2D eigenvalue weighted by Crippen LogP contribution is 2.51. The first-order chi connectivity index (χ1) is 17.8. The first-order valence-electron chi connectivity index (χ1n) is 13.2. The van der Waals surface area contributed by atoms with Gasteiger partial charge in [-0.1, -0.05) is 30.3 Å². The molecule has 2 aromatic rings. The number of hydrogen-bond donors (Lipinski definition) is 0. The van der Waals surface area contributed by atoms with Gasteiger partial charge in [-0.05, 0) is 75.7 Å². The molecule has 0 bridgehead atoms. The van der Waals surface area contributed by atoms with Crippen molar-refractivity contribution in [3.8, 4) is 0 Å². The third kappa shape index (κ3) is 5.56. The van der Waals surface area contributed by atoms with Crippen molar-refractivity contribution < 1.29 is 30.6 Å². The van der Waals surface area contributed by atoms with Crippen molar-refractivity contribution in [2.75, 3.05) is 19.1 Å². The lowest BCUT2D eigenvalue weighted by atomic mass is 9.65. The van der Waals surface area contributed by atoms with Crippen LogP contribution in [0.25, 0.3) is 0 Å². The van der Waals surface area contributed by atoms with Gasteiger partial charge in [-0.2, -0.15) is 8.42 Å². The quantitative estimate of drug-likeness (QED) is 0.401. The van der Waals surface area contributed by atoms with Gasteiger partial charge in [0.05, 0.1) is 24.0 Å². The summed E-state index contributed by atoms with van der Waals surface area (Å²) in [5.41, 5.74) is -0.915. The molecule has 0 radical (unpaired) electrons. The number of sulfone groups is 1. The highest BCUT2D eigenvalue weighted by Gasteiger charge is 2.53. The molecular weight excluding hydrogens is 528 g/mol. The molecule has 1 aromatic heterocycles. The van der Waals surface area contributed by atoms with E-state index in [0.717, 1.165) is 31.9 Å². The summed E-state index contributed by atoms with van der Waals surface area (Å²) in [6.07, 6.45) is 7.66. The van der Waals surface area contributed by atoms with E-state index in [-0.39, 0.29) is 17.9 Å². The molecule has 3 aliphatic carbocycles. The predicted molar refractivity (Wildman–Crippen MR) is 141 cm³/mol. The van der Waals surface area contributed by atoms with E-state index in [9.17, 15) is 21.6 Å². The fraction of sp³-hybridized carbons (Fsp3) is 0.630. The van der Waals surface area contributed by atoms with E-state index in [0.29, 0.717) is 54.9 Å². The third-order valence-corrected chi connectivity index (χ3v) is 9.80. The molecule has 0 amide bonds. The van der Waals surface area contributed by atoms with Crippen LogP contribution in [0.15, 0.2) is 35.4 Å². The number of aryl methyl sites for hydroxylation is 1. The van der Waals surface area contributed by atoms with Crippen LogP contribution in [0.5, 0.6) is 0 Å². The zero-order chi connectivity index (χ0) is 27.3. The highest BCUT2D eigenvalue weighted by molar-refractivity contribution is 7.90. The standard InChI is InChI=1S/C27H36N2O7S2/c1-19-23(37(2,31)32)29(17-20-9-10-20)24(28-19)27(35-18-21-11-12-21)15-13-26(14-16-27,22-7-5-4-6-8-22)25(30)36-38(3,33)34/h4-8,20-21H,9-18H2,1-3H3. The summed E-state index contributed by atoms with van der Waals surface area (Å²) in [6, 6.07) is 9.12. The van der Waals surface area contributed by atoms with Crippen LogP contribution >= 0.6 is 0 Å². The second-order valence-corrected chi connectivity index (χ2v) is 14.9. The Hall–Kier alpha value is -2.24. The van der Waals surface area contributed by atoms with Gasteiger partial charge in [-0.25, -0.2) is 18.2 Å². The Morgan fingerprint density at radius 1 is 0.974 bits per heavy atom. The van der Waals surface area contributed by atoms with Gasteiger partial charge in [0.15, 0.2) is 14.9 Å². The van der Waals surface area contributed by atoms with E-state index in [1.54, 1.807) is 6.92 Å². The average molecular weight is 565 g/mol. The van der Waals surface area contributed by atoms with Crippen molar-refractivity contribution in [1.82, 2.24) is 9.55 Å². The predicted octanol–water partition coefficient (Wildman–Crippen LogP) is 3.64. The van der Waals surface area contributed by atoms with Gasteiger partial charge in [0.2, 0.25) is 0 Å². The van der Waals surface area contributed by atoms with Crippen LogP contribution in [-0.4, -0.2) is 51.5 Å². The Labute approximate surface area is 225 Å². The van der Waals surface area contributed by atoms with E-state index in [2.05, 4.69) is 0 Å². The summed E-state index contributed by atoms with van der Waals surface area (Å²) in [7, 11) is -7.55. The number of rotatable bonds is 10. The van der Waals surface area contributed by atoms with E-state index < -0.39 is 36.9 Å². The topological polar surface area (TPSA) is 122 Å². The Bertz CT molecular complexity index is 1420. The summed E-state index contributed by atoms with van der Waals surface area (Å²) >= 11 is 0. The van der Waals surface area contributed by atoms with Crippen molar-refractivity contribution in [2.45, 2.75) is 80.9 Å². The minimum atomic E-state index is -4.01. The van der Waals surface area contributed by atoms with E-state index >= 15 is 0 Å². The summed E-state index contributed by atoms with van der Waals surface area (Å²) in [5.74, 6) is 0.669. The largest absolute Gasteiger partial charge is 0.367 e. The average Bonchev–Trinajstić information content (AvgIpc) is 3.76. The second kappa shape index (κ2) is 9.75. The molecule has 1 heterocycles. The Kier molecular flexibility index (Phi) is 7.01. The Morgan fingerprint density at radius 2 is 1.58 bits per heavy atom. The van der Waals surface area contributed by atoms with Crippen molar-refractivity contribution >= 4 is 25.9 Å². The molecule has 3 fully saturated rings. The molecule has 208 valence electrons. The molecule has 0 atom stereocenters. The number of aromatic nitrogens is 2. The normalized spacial score (nSPS) is 26.3. The molecule has 0 unspecified atom stereocenters. The van der Waals surface area contributed by atoms with Crippen molar-refractivity contribution in [3.63, 3.8) is 0 Å². The minimum Gasteiger partial charge on any atom is -0.367 e. The van der Waals surface area contributed by atoms with Crippen LogP contribution in [0, 0.1) is 18.8 Å². The molecule has 5 rings (SSSR count). The molecule has 0 N–H and O–H groups in total. The maximum Gasteiger partial charge on any atom is 0.332 e. The van der Waals surface area contributed by atoms with Gasteiger partial charge in [0.25, 0.3) is 0 Å². The van der Waals surface area contributed by atoms with Crippen LogP contribution in [0.3, 0.4) is 0 Å². The molecule has 3 aliphatic rings. The van der Waals surface area contributed by atoms with Gasteiger partial charge < -0.3 is 13.5 Å². The molecule has 0 saturated heterocycles. The molecular formula is C27H36N2O7S2. The minimum absolute atomic E-state index is 0.227. The maximum absolute atomic E-state index is 13.4. The van der Waals surface area contributed by atoms with E-state index in [4.69, 9.17) is 13.9 Å². The van der Waals surface area contributed by atoms with Crippen LogP contribution < -0.4 is 0 Å². The van der Waals surface area contributed by atoms with Crippen LogP contribution in [0.1, 0.15) is 68.4 Å². The van der Waals surface area contributed by atoms with E-state index in [1.165, 1.54) is 6.26 Å². The fourth-order valence-electron chi connectivity index (χ4n) is 5.76. The number of imidazole rings is 1. The number of carbonyl (C=O) groups excluding carboxylic acids is 1. The molecule has 0 aliphatic heterocycles. The summed E-state index contributed by atoms with van der Waals surface area (Å²) in [4.78, 5) is 18.3. The SMILES string of the molecule is Cc1nc(C2(OCC3CC3)CCC(C(=O)OS(C)(=O)=O)(c3ccccc3)CC2)n(CC2CC2)c1S(C)(=O)=O. The smallest absolute Gasteiger partial charge is 0.332 e. The molecule has 0 spiro atoms. The molecule has 11 heteroatoms. The lowest BCUT2D eigenvalue weighted by Crippen LogP contribution is -2.48. The third-order valence-electron chi connectivity index (χ3n) is 8.13. The summed E-state index contributed by atoms with van der Waals surface area (Å²) in [5, 5.41) is 0.227. The fourth-order valence-corrected chi connectivity index (χ4v) is 7.34. The van der Waals surface area contributed by atoms with Gasteiger partial charge in [0, 0.05) is 12.8 Å². The zero-order valence-electron chi connectivity index (χ0n) is 22.2. The van der Waals surface area contributed by atoms with Gasteiger partial charge in [-0.3, -0.25) is 0 Å².